The first-order chi connectivity index (χ1) is 7.16. The average Bonchev–Trinajstić information content (AvgIpc) is 2.25. The molecule has 1 aromatic rings. The highest BCUT2D eigenvalue weighted by molar-refractivity contribution is 5.20. The van der Waals surface area contributed by atoms with E-state index < -0.39 is 0 Å². The Bertz CT molecular complexity index is 301. The first kappa shape index (κ1) is 12.1. The van der Waals surface area contributed by atoms with Gasteiger partial charge in [-0.05, 0) is 39.5 Å². The number of benzene rings is 1. The zero-order chi connectivity index (χ0) is 11.3. The summed E-state index contributed by atoms with van der Waals surface area (Å²) in [5.74, 6) is -0.135. The van der Waals surface area contributed by atoms with Crippen molar-refractivity contribution in [2.24, 2.45) is 5.73 Å². The van der Waals surface area contributed by atoms with Gasteiger partial charge >= 0.3 is 0 Å². The van der Waals surface area contributed by atoms with Gasteiger partial charge in [-0.15, -0.1) is 0 Å². The molecule has 0 bridgehead atoms. The topological polar surface area (TPSA) is 29.3 Å². The van der Waals surface area contributed by atoms with Gasteiger partial charge in [-0.2, -0.15) is 0 Å². The van der Waals surface area contributed by atoms with E-state index in [4.69, 9.17) is 5.73 Å². The van der Waals surface area contributed by atoms with Crippen molar-refractivity contribution in [3.8, 4) is 0 Å². The minimum Gasteiger partial charge on any atom is -0.330 e. The van der Waals surface area contributed by atoms with Gasteiger partial charge in [0.05, 0.1) is 0 Å². The summed E-state index contributed by atoms with van der Waals surface area (Å²) in [7, 11) is 1.99. The van der Waals surface area contributed by atoms with Crippen LogP contribution in [0.25, 0.3) is 0 Å². The number of halogens is 1. The van der Waals surface area contributed by atoms with Crippen LogP contribution >= 0.6 is 0 Å². The Morgan fingerprint density at radius 1 is 1.40 bits per heavy atom. The lowest BCUT2D eigenvalue weighted by Crippen LogP contribution is -2.25. The maximum atomic E-state index is 13.5. The lowest BCUT2D eigenvalue weighted by molar-refractivity contribution is 0.255. The van der Waals surface area contributed by atoms with Gasteiger partial charge in [0.1, 0.15) is 5.82 Å². The van der Waals surface area contributed by atoms with Crippen LogP contribution in [0.3, 0.4) is 0 Å². The summed E-state index contributed by atoms with van der Waals surface area (Å²) < 4.78 is 13.5. The molecule has 0 saturated heterocycles. The molecule has 15 heavy (non-hydrogen) atoms. The largest absolute Gasteiger partial charge is 0.330 e. The molecular formula is C12H19FN2. The van der Waals surface area contributed by atoms with Crippen LogP contribution < -0.4 is 5.73 Å². The molecule has 0 radical (unpaired) electrons. The van der Waals surface area contributed by atoms with Crippen LogP contribution in [0.2, 0.25) is 0 Å². The fourth-order valence-electron chi connectivity index (χ4n) is 1.59. The molecule has 0 amide bonds. The average molecular weight is 210 g/mol. The van der Waals surface area contributed by atoms with E-state index in [0.29, 0.717) is 6.54 Å². The Kier molecular flexibility index (Phi) is 4.72. The predicted octanol–water partition coefficient (Wildman–Crippen LogP) is 2.17. The SMILES string of the molecule is CC(c1ccccc1F)N(C)CCCN. The highest BCUT2D eigenvalue weighted by Gasteiger charge is 2.14. The number of nitrogens with two attached hydrogens (primary N) is 1. The number of nitrogens with zero attached hydrogens (tertiary/aromatic N) is 1. The Balaban J connectivity index is 2.67. The Morgan fingerprint density at radius 2 is 2.07 bits per heavy atom. The molecule has 0 spiro atoms. The summed E-state index contributed by atoms with van der Waals surface area (Å²) in [6.07, 6.45) is 0.940. The van der Waals surface area contributed by atoms with Crippen molar-refractivity contribution in [3.05, 3.63) is 35.6 Å². The molecule has 0 saturated carbocycles. The Labute approximate surface area is 90.9 Å². The summed E-state index contributed by atoms with van der Waals surface area (Å²) in [4.78, 5) is 2.12. The van der Waals surface area contributed by atoms with Gasteiger partial charge in [-0.3, -0.25) is 4.90 Å². The lowest BCUT2D eigenvalue weighted by Gasteiger charge is -2.25. The van der Waals surface area contributed by atoms with Crippen molar-refractivity contribution in [2.45, 2.75) is 19.4 Å². The minimum atomic E-state index is -0.135. The van der Waals surface area contributed by atoms with Crippen LogP contribution in [-0.2, 0) is 0 Å². The monoisotopic (exact) mass is 210 g/mol. The highest BCUT2D eigenvalue weighted by atomic mass is 19.1. The zero-order valence-electron chi connectivity index (χ0n) is 9.41. The first-order valence-electron chi connectivity index (χ1n) is 5.31. The van der Waals surface area contributed by atoms with E-state index in [1.54, 1.807) is 6.07 Å². The van der Waals surface area contributed by atoms with Crippen molar-refractivity contribution in [1.82, 2.24) is 4.90 Å². The number of rotatable bonds is 5. The van der Waals surface area contributed by atoms with Crippen LogP contribution in [0.15, 0.2) is 24.3 Å². The quantitative estimate of drug-likeness (QED) is 0.807. The Morgan fingerprint density at radius 3 is 2.67 bits per heavy atom. The molecule has 1 unspecified atom stereocenters. The van der Waals surface area contributed by atoms with Crippen molar-refractivity contribution in [2.75, 3.05) is 20.1 Å². The smallest absolute Gasteiger partial charge is 0.127 e. The van der Waals surface area contributed by atoms with Gasteiger partial charge in [0.15, 0.2) is 0 Å². The summed E-state index contributed by atoms with van der Waals surface area (Å²) >= 11 is 0. The number of hydrogen-bond donors (Lipinski definition) is 1. The molecule has 0 aliphatic carbocycles. The normalized spacial score (nSPS) is 13.1. The lowest BCUT2D eigenvalue weighted by atomic mass is 10.1. The second-order valence-corrected chi connectivity index (χ2v) is 3.82. The minimum absolute atomic E-state index is 0.0951. The van der Waals surface area contributed by atoms with Crippen molar-refractivity contribution >= 4 is 0 Å². The van der Waals surface area contributed by atoms with Crippen molar-refractivity contribution in [1.29, 1.82) is 0 Å². The second-order valence-electron chi connectivity index (χ2n) is 3.82. The Hall–Kier alpha value is -0.930. The molecule has 1 aromatic carbocycles. The van der Waals surface area contributed by atoms with Crippen LogP contribution in [0, 0.1) is 5.82 Å². The van der Waals surface area contributed by atoms with Gasteiger partial charge in [-0.1, -0.05) is 18.2 Å². The van der Waals surface area contributed by atoms with Crippen molar-refractivity contribution in [3.63, 3.8) is 0 Å². The third kappa shape index (κ3) is 3.29. The van der Waals surface area contributed by atoms with E-state index in [1.165, 1.54) is 6.07 Å². The molecule has 0 heterocycles. The predicted molar refractivity (Wildman–Crippen MR) is 61.1 cm³/mol. The summed E-state index contributed by atoms with van der Waals surface area (Å²) in [5.41, 5.74) is 6.19. The molecular weight excluding hydrogens is 191 g/mol. The van der Waals surface area contributed by atoms with E-state index in [-0.39, 0.29) is 11.9 Å². The maximum absolute atomic E-state index is 13.5. The van der Waals surface area contributed by atoms with E-state index >= 15 is 0 Å². The summed E-state index contributed by atoms with van der Waals surface area (Å²) in [5, 5.41) is 0. The van der Waals surface area contributed by atoms with Gasteiger partial charge in [0.2, 0.25) is 0 Å². The molecule has 0 fully saturated rings. The summed E-state index contributed by atoms with van der Waals surface area (Å²) in [6.45, 7) is 3.58. The molecule has 1 rings (SSSR count). The number of hydrogen-bond acceptors (Lipinski definition) is 2. The molecule has 0 aliphatic heterocycles. The van der Waals surface area contributed by atoms with Crippen LogP contribution in [0.4, 0.5) is 4.39 Å². The van der Waals surface area contributed by atoms with Gasteiger partial charge in [-0.25, -0.2) is 4.39 Å². The van der Waals surface area contributed by atoms with Gasteiger partial charge in [0.25, 0.3) is 0 Å². The van der Waals surface area contributed by atoms with Crippen LogP contribution in [0.1, 0.15) is 24.9 Å². The van der Waals surface area contributed by atoms with E-state index in [9.17, 15) is 4.39 Å². The standard InChI is InChI=1S/C12H19FN2/c1-10(15(2)9-5-8-14)11-6-3-4-7-12(11)13/h3-4,6-7,10H,5,8-9,14H2,1-2H3. The van der Waals surface area contributed by atoms with Crippen LogP contribution in [-0.4, -0.2) is 25.0 Å². The molecule has 0 aliphatic rings. The van der Waals surface area contributed by atoms with E-state index in [2.05, 4.69) is 4.90 Å². The highest BCUT2D eigenvalue weighted by Crippen LogP contribution is 2.21. The molecule has 84 valence electrons. The van der Waals surface area contributed by atoms with Gasteiger partial charge in [0, 0.05) is 11.6 Å². The zero-order valence-corrected chi connectivity index (χ0v) is 9.41. The molecule has 2 nitrogen and oxygen atoms in total. The molecule has 1 atom stereocenters. The third-order valence-electron chi connectivity index (χ3n) is 2.73. The van der Waals surface area contributed by atoms with E-state index in [1.807, 2.05) is 26.1 Å². The second kappa shape index (κ2) is 5.83. The molecule has 0 aromatic heterocycles. The molecule has 3 heteroatoms. The van der Waals surface area contributed by atoms with Crippen LogP contribution in [0.5, 0.6) is 0 Å². The fourth-order valence-corrected chi connectivity index (χ4v) is 1.59. The first-order valence-corrected chi connectivity index (χ1v) is 5.31. The van der Waals surface area contributed by atoms with Gasteiger partial charge < -0.3 is 5.73 Å². The van der Waals surface area contributed by atoms with Crippen molar-refractivity contribution < 1.29 is 4.39 Å². The third-order valence-corrected chi connectivity index (χ3v) is 2.73. The van der Waals surface area contributed by atoms with E-state index in [0.717, 1.165) is 18.5 Å². The molecule has 2 N–H and O–H groups in total. The maximum Gasteiger partial charge on any atom is 0.127 e. The fraction of sp³-hybridized carbons (Fsp3) is 0.500. The summed E-state index contributed by atoms with van der Waals surface area (Å²) in [6, 6.07) is 7.01.